The van der Waals surface area contributed by atoms with Crippen LogP contribution in [0.3, 0.4) is 0 Å². The molecule has 0 aliphatic carbocycles. The fourth-order valence-electron chi connectivity index (χ4n) is 10.4. The summed E-state index contributed by atoms with van der Waals surface area (Å²) < 4.78 is 14.8. The maximum atomic E-state index is 7.39. The molecule has 0 saturated heterocycles. The van der Waals surface area contributed by atoms with Crippen molar-refractivity contribution in [2.45, 2.75) is 0 Å². The summed E-state index contributed by atoms with van der Waals surface area (Å²) in [6.07, 6.45) is 5.93. The second-order valence-electron chi connectivity index (χ2n) is 16.5. The molecule has 14 rings (SSSR count). The van der Waals surface area contributed by atoms with Crippen molar-refractivity contribution in [1.82, 2.24) is 15.0 Å². The Labute approximate surface area is 385 Å². The van der Waals surface area contributed by atoms with Gasteiger partial charge in [0.1, 0.15) is 5.58 Å². The summed E-state index contributed by atoms with van der Waals surface area (Å²) in [5.74, 6) is 0. The van der Waals surface area contributed by atoms with Crippen LogP contribution < -0.4 is 21.0 Å². The van der Waals surface area contributed by atoms with Crippen molar-refractivity contribution in [1.29, 1.82) is 0 Å². The standard InChI is InChI=1S/C57H33N3OS3Si/c1-3-14-34(15-4-1)65(35-16-5-2-6-17-35,56-51-39(28-32-59-56)38-20-11-25-46(50(38)61-51)49-54-44(29-31-58-49)37-19-8-10-27-48(37)63-54)57-55-45(30-33-60-57)43-24-13-23-42(53(43)64-55)41-22-12-21-40-36-18-7-9-26-47(36)62-52(40)41/h1-33H. The second-order valence-corrected chi connectivity index (χ2v) is 23.3. The van der Waals surface area contributed by atoms with Gasteiger partial charge in [0.25, 0.3) is 0 Å². The van der Waals surface area contributed by atoms with Gasteiger partial charge in [-0.3, -0.25) is 15.0 Å². The van der Waals surface area contributed by atoms with Gasteiger partial charge >= 0.3 is 0 Å². The molecular formula is C57H33N3OS3Si. The van der Waals surface area contributed by atoms with Crippen LogP contribution in [0.15, 0.2) is 205 Å². The van der Waals surface area contributed by atoms with Crippen molar-refractivity contribution in [3.05, 3.63) is 201 Å². The number of rotatable bonds is 6. The van der Waals surface area contributed by atoms with Crippen molar-refractivity contribution in [2.24, 2.45) is 0 Å². The molecule has 7 aromatic carbocycles. The lowest BCUT2D eigenvalue weighted by Gasteiger charge is -2.32. The molecule has 7 aromatic heterocycles. The molecule has 8 heteroatoms. The molecule has 0 spiro atoms. The predicted molar refractivity (Wildman–Crippen MR) is 280 cm³/mol. The lowest BCUT2D eigenvalue weighted by atomic mass is 10.0. The van der Waals surface area contributed by atoms with E-state index in [2.05, 4.69) is 182 Å². The highest BCUT2D eigenvalue weighted by atomic mass is 32.1. The van der Waals surface area contributed by atoms with Crippen molar-refractivity contribution < 1.29 is 4.42 Å². The molecule has 0 amide bonds. The number of thiophene rings is 3. The van der Waals surface area contributed by atoms with Gasteiger partial charge in [-0.1, -0.05) is 146 Å². The topological polar surface area (TPSA) is 51.8 Å². The number of fused-ring (bicyclic) bond motifs is 12. The van der Waals surface area contributed by atoms with Gasteiger partial charge in [0.15, 0.2) is 5.58 Å². The van der Waals surface area contributed by atoms with Gasteiger partial charge in [-0.2, -0.15) is 0 Å². The number of benzene rings is 7. The smallest absolute Gasteiger partial charge is 0.230 e. The van der Waals surface area contributed by atoms with E-state index < -0.39 is 8.07 Å². The summed E-state index contributed by atoms with van der Waals surface area (Å²) in [7, 11) is -3.40. The number of nitrogens with zero attached hydrogens (tertiary/aromatic N) is 3. The first kappa shape index (κ1) is 37.1. The molecule has 0 radical (unpaired) electrons. The molecule has 0 saturated carbocycles. The molecule has 4 nitrogen and oxygen atoms in total. The monoisotopic (exact) mass is 899 g/mol. The normalized spacial score (nSPS) is 12.3. The van der Waals surface area contributed by atoms with E-state index >= 15 is 0 Å². The first-order valence-corrected chi connectivity index (χ1v) is 26.1. The average molecular weight is 900 g/mol. The third-order valence-electron chi connectivity index (χ3n) is 13.2. The van der Waals surface area contributed by atoms with E-state index in [0.717, 1.165) is 48.5 Å². The summed E-state index contributed by atoms with van der Waals surface area (Å²) in [5.41, 5.74) is 6.00. The molecule has 0 unspecified atom stereocenters. The zero-order valence-electron chi connectivity index (χ0n) is 34.5. The van der Waals surface area contributed by atoms with E-state index in [1.54, 1.807) is 11.3 Å². The summed E-state index contributed by atoms with van der Waals surface area (Å²) in [6, 6.07) is 65.8. The van der Waals surface area contributed by atoms with Crippen LogP contribution in [0.4, 0.5) is 0 Å². The Morgan fingerprint density at radius 2 is 0.785 bits per heavy atom. The van der Waals surface area contributed by atoms with Crippen LogP contribution in [0, 0.1) is 0 Å². The summed E-state index contributed by atoms with van der Waals surface area (Å²) >= 11 is 5.52. The molecule has 0 aliphatic heterocycles. The zero-order valence-corrected chi connectivity index (χ0v) is 38.0. The van der Waals surface area contributed by atoms with Crippen LogP contribution >= 0.6 is 34.0 Å². The minimum Gasteiger partial charge on any atom is -0.454 e. The van der Waals surface area contributed by atoms with E-state index in [1.807, 2.05) is 41.3 Å². The van der Waals surface area contributed by atoms with Gasteiger partial charge in [0.05, 0.1) is 25.7 Å². The van der Waals surface area contributed by atoms with Crippen LogP contribution in [0.5, 0.6) is 0 Å². The average Bonchev–Trinajstić information content (AvgIpc) is 4.16. The molecule has 0 atom stereocenters. The lowest BCUT2D eigenvalue weighted by Crippen LogP contribution is -2.76. The molecular weight excluding hydrogens is 867 g/mol. The Bertz CT molecular complexity index is 3940. The van der Waals surface area contributed by atoms with Crippen molar-refractivity contribution >= 4 is 146 Å². The minimum absolute atomic E-state index is 0.787. The van der Waals surface area contributed by atoms with Crippen LogP contribution in [-0.2, 0) is 0 Å². The van der Waals surface area contributed by atoms with Gasteiger partial charge in [-0.05, 0) is 46.8 Å². The van der Waals surface area contributed by atoms with Crippen LogP contribution in [0.1, 0.15) is 0 Å². The molecule has 7 heterocycles. The molecule has 0 N–H and O–H groups in total. The second kappa shape index (κ2) is 14.3. The number of hydrogen-bond acceptors (Lipinski definition) is 7. The fraction of sp³-hybridized carbons (Fsp3) is 0. The SMILES string of the molecule is c1ccc([Si](c2ccccc2)(c2nccc3c2oc2c(-c4nccc5c4sc4ccccc45)cccc23)c2nccc3c2sc2c(-c4cccc5c4sc4ccccc45)cccc23)cc1. The first-order valence-electron chi connectivity index (χ1n) is 21.7. The van der Waals surface area contributed by atoms with Crippen LogP contribution in [0.2, 0.25) is 0 Å². The van der Waals surface area contributed by atoms with Crippen LogP contribution in [0.25, 0.3) is 105 Å². The fourth-order valence-corrected chi connectivity index (χ4v) is 19.2. The number of aromatic nitrogens is 3. The molecule has 304 valence electrons. The van der Waals surface area contributed by atoms with Crippen molar-refractivity contribution in [2.75, 3.05) is 0 Å². The zero-order chi connectivity index (χ0) is 42.6. The van der Waals surface area contributed by atoms with E-state index in [0.29, 0.717) is 0 Å². The highest BCUT2D eigenvalue weighted by Crippen LogP contribution is 2.46. The summed E-state index contributed by atoms with van der Waals surface area (Å²) in [4.78, 5) is 16.1. The van der Waals surface area contributed by atoms with Gasteiger partial charge < -0.3 is 4.42 Å². The van der Waals surface area contributed by atoms with E-state index in [1.165, 1.54) is 77.3 Å². The Morgan fingerprint density at radius 3 is 1.46 bits per heavy atom. The lowest BCUT2D eigenvalue weighted by molar-refractivity contribution is 0.671. The van der Waals surface area contributed by atoms with E-state index in [4.69, 9.17) is 19.4 Å². The van der Waals surface area contributed by atoms with E-state index in [-0.39, 0.29) is 0 Å². The molecule has 14 aromatic rings. The Morgan fingerprint density at radius 1 is 0.323 bits per heavy atom. The number of para-hydroxylation sites is 1. The summed E-state index contributed by atoms with van der Waals surface area (Å²) in [6.45, 7) is 0. The third-order valence-corrected chi connectivity index (χ3v) is 21.6. The van der Waals surface area contributed by atoms with Gasteiger partial charge in [0.2, 0.25) is 8.07 Å². The number of pyridine rings is 3. The Balaban J connectivity index is 1.07. The Kier molecular flexibility index (Phi) is 8.18. The minimum atomic E-state index is -3.40. The number of furan rings is 1. The predicted octanol–water partition coefficient (Wildman–Crippen LogP) is 13.6. The number of hydrogen-bond donors (Lipinski definition) is 0. The highest BCUT2D eigenvalue weighted by molar-refractivity contribution is 7.31. The maximum absolute atomic E-state index is 7.39. The van der Waals surface area contributed by atoms with Crippen LogP contribution in [-0.4, -0.2) is 23.0 Å². The highest BCUT2D eigenvalue weighted by Gasteiger charge is 2.48. The van der Waals surface area contributed by atoms with E-state index in [9.17, 15) is 0 Å². The summed E-state index contributed by atoms with van der Waals surface area (Å²) in [5, 5.41) is 13.9. The van der Waals surface area contributed by atoms with Crippen molar-refractivity contribution in [3.8, 4) is 22.4 Å². The largest absolute Gasteiger partial charge is 0.454 e. The molecule has 0 fully saturated rings. The van der Waals surface area contributed by atoms with Gasteiger partial charge in [-0.15, -0.1) is 34.0 Å². The Hall–Kier alpha value is -7.33. The molecule has 65 heavy (non-hydrogen) atoms. The van der Waals surface area contributed by atoms with Gasteiger partial charge in [-0.25, -0.2) is 0 Å². The molecule has 0 aliphatic rings. The first-order chi connectivity index (χ1) is 32.3. The molecule has 0 bridgehead atoms. The van der Waals surface area contributed by atoms with Gasteiger partial charge in [0, 0.05) is 97.2 Å². The third kappa shape index (κ3) is 5.31. The van der Waals surface area contributed by atoms with Crippen molar-refractivity contribution in [3.63, 3.8) is 0 Å². The maximum Gasteiger partial charge on any atom is 0.230 e. The quantitative estimate of drug-likeness (QED) is 0.156.